The molecule has 10 heteroatoms. The van der Waals surface area contributed by atoms with Crippen molar-refractivity contribution in [1.29, 1.82) is 0 Å². The summed E-state index contributed by atoms with van der Waals surface area (Å²) >= 11 is 0. The Morgan fingerprint density at radius 1 is 0.698 bits per heavy atom. The Morgan fingerprint density at radius 3 is 1.87 bits per heavy atom. The molecule has 0 aliphatic heterocycles. The second kappa shape index (κ2) is 25.6. The fraction of sp³-hybridized carbons (Fsp3) is 0.491. The van der Waals surface area contributed by atoms with Crippen molar-refractivity contribution in [3.05, 3.63) is 90.5 Å². The molecule has 0 saturated heterocycles. The molecule has 0 heterocycles. The molecule has 3 aliphatic rings. The first-order valence-corrected chi connectivity index (χ1v) is 22.9. The van der Waals surface area contributed by atoms with E-state index in [9.17, 15) is 19.2 Å². The predicted molar refractivity (Wildman–Crippen MR) is 252 cm³/mol. The maximum atomic E-state index is 11.8. The summed E-state index contributed by atoms with van der Waals surface area (Å²) in [4.78, 5) is 44.3. The highest BCUT2D eigenvalue weighted by atomic mass is 16.5. The molecule has 0 spiro atoms. The molecule has 338 valence electrons. The van der Waals surface area contributed by atoms with Crippen LogP contribution in [0.2, 0.25) is 0 Å². The highest BCUT2D eigenvalue weighted by molar-refractivity contribution is 6.01. The number of aldehydes is 2. The van der Waals surface area contributed by atoms with Crippen LogP contribution in [0.3, 0.4) is 0 Å². The smallest absolute Gasteiger partial charge is 0.333 e. The lowest BCUT2D eigenvalue weighted by atomic mass is 9.70. The van der Waals surface area contributed by atoms with Crippen molar-refractivity contribution in [2.24, 2.45) is 40.6 Å². The summed E-state index contributed by atoms with van der Waals surface area (Å²) in [5.41, 5.74) is 5.25. The molecular weight excluding hydrogens is 793 g/mol. The van der Waals surface area contributed by atoms with Crippen molar-refractivity contribution in [1.82, 2.24) is 0 Å². The molecule has 4 aromatic rings. The Morgan fingerprint density at radius 2 is 1.27 bits per heavy atom. The molecule has 7 rings (SSSR count). The summed E-state index contributed by atoms with van der Waals surface area (Å²) < 4.78 is 21.3. The molecule has 4 aromatic carbocycles. The largest absolute Gasteiger partial charge is 0.496 e. The zero-order valence-electron chi connectivity index (χ0n) is 37.9. The number of nitrogens with zero attached hydrogens (tertiary/aromatic N) is 1. The number of carbonyl (C=O) groups is 4. The molecule has 0 radical (unpaired) electrons. The molecule has 3 saturated carbocycles. The number of hydrazone groups is 1. The molecule has 3 fully saturated rings. The van der Waals surface area contributed by atoms with E-state index in [1.807, 2.05) is 48.5 Å². The number of hydrogen-bond acceptors (Lipinski definition) is 10. The van der Waals surface area contributed by atoms with Crippen LogP contribution in [-0.4, -0.2) is 58.2 Å². The van der Waals surface area contributed by atoms with Crippen LogP contribution in [0.15, 0.2) is 90.0 Å². The molecule has 1 N–H and O–H groups in total. The number of nitrogens with one attached hydrogen (secondary N) is 1. The van der Waals surface area contributed by atoms with E-state index in [2.05, 4.69) is 48.3 Å². The van der Waals surface area contributed by atoms with Crippen LogP contribution in [0.1, 0.15) is 109 Å². The first-order valence-electron chi connectivity index (χ1n) is 22.9. The van der Waals surface area contributed by atoms with E-state index in [1.165, 1.54) is 68.4 Å². The van der Waals surface area contributed by atoms with Crippen LogP contribution >= 0.6 is 0 Å². The van der Waals surface area contributed by atoms with Crippen molar-refractivity contribution in [3.8, 4) is 11.5 Å². The third kappa shape index (κ3) is 14.8. The van der Waals surface area contributed by atoms with Gasteiger partial charge in [-0.05, 0) is 131 Å². The summed E-state index contributed by atoms with van der Waals surface area (Å²) in [5, 5.41) is 8.77. The van der Waals surface area contributed by atoms with Gasteiger partial charge in [0.2, 0.25) is 0 Å². The second-order valence-electron chi connectivity index (χ2n) is 17.5. The molecule has 10 nitrogen and oxygen atoms in total. The number of anilines is 1. The highest BCUT2D eigenvalue weighted by Crippen LogP contribution is 2.41. The minimum absolute atomic E-state index is 0.0672. The number of esters is 2. The lowest BCUT2D eigenvalue weighted by Crippen LogP contribution is -2.25. The van der Waals surface area contributed by atoms with E-state index in [0.29, 0.717) is 37.5 Å². The van der Waals surface area contributed by atoms with E-state index in [4.69, 9.17) is 18.9 Å². The number of ether oxygens (including phenoxy) is 4. The Hall–Kier alpha value is -5.51. The van der Waals surface area contributed by atoms with Gasteiger partial charge in [0.25, 0.3) is 0 Å². The van der Waals surface area contributed by atoms with Crippen LogP contribution in [0.4, 0.5) is 5.69 Å². The summed E-state index contributed by atoms with van der Waals surface area (Å²) in [6.07, 6.45) is 19.0. The molecular formula is C53H68N2O8. The Labute approximate surface area is 374 Å². The van der Waals surface area contributed by atoms with E-state index in [-0.39, 0.29) is 23.8 Å². The molecule has 0 unspecified atom stereocenters. The van der Waals surface area contributed by atoms with E-state index in [0.717, 1.165) is 83.2 Å². The van der Waals surface area contributed by atoms with Gasteiger partial charge in [-0.3, -0.25) is 10.2 Å². The third-order valence-corrected chi connectivity index (χ3v) is 13.0. The van der Waals surface area contributed by atoms with E-state index < -0.39 is 0 Å². The van der Waals surface area contributed by atoms with Crippen LogP contribution in [-0.2, 0) is 28.7 Å². The number of methoxy groups -OCH3 is 2. The van der Waals surface area contributed by atoms with Gasteiger partial charge in [-0.2, -0.15) is 5.10 Å². The van der Waals surface area contributed by atoms with Crippen LogP contribution < -0.4 is 14.9 Å². The quantitative estimate of drug-likeness (QED) is 0.0310. The van der Waals surface area contributed by atoms with Crippen molar-refractivity contribution in [2.75, 3.05) is 32.9 Å². The van der Waals surface area contributed by atoms with Gasteiger partial charge in [-0.1, -0.05) is 80.9 Å². The number of carbonyl (C=O) groups excluding carboxylic acids is 4. The topological polar surface area (TPSA) is 130 Å². The van der Waals surface area contributed by atoms with Crippen LogP contribution in [0, 0.1) is 35.5 Å². The maximum Gasteiger partial charge on any atom is 0.333 e. The fourth-order valence-corrected chi connectivity index (χ4v) is 9.05. The first-order chi connectivity index (χ1) is 30.6. The molecule has 3 aliphatic carbocycles. The minimum atomic E-state index is -0.390. The lowest BCUT2D eigenvalue weighted by Gasteiger charge is -2.36. The standard InChI is InChI=1S/C23H20N2O2.C16H24O5.C14H24O/c1-26-22-14-18(23(27-2)21-10-6-5-9-20(21)22)15-24-25-19-12-11-16-7-3-4-8-17(16)13-19;1-12(2)15(18)20-9-3-4-10-21-16(19)14-7-5-13(11-17)6-8-14;1-11-2-6-13(7-3-11)14-8-4-12(10-15)5-9-14/h3-15,25H,1-2H3;11,13-14H,1,3-10H2,2H3;10-14H,2-9H2,1H3/b24-15+;;. The van der Waals surface area contributed by atoms with Gasteiger partial charge in [0.15, 0.2) is 0 Å². The molecule has 0 aromatic heterocycles. The summed E-state index contributed by atoms with van der Waals surface area (Å²) in [6, 6.07) is 24.3. The minimum Gasteiger partial charge on any atom is -0.496 e. The lowest BCUT2D eigenvalue weighted by molar-refractivity contribution is -0.150. The van der Waals surface area contributed by atoms with Crippen molar-refractivity contribution in [2.45, 2.75) is 104 Å². The number of benzene rings is 4. The fourth-order valence-electron chi connectivity index (χ4n) is 9.05. The van der Waals surface area contributed by atoms with Gasteiger partial charge in [0.1, 0.15) is 24.1 Å². The summed E-state index contributed by atoms with van der Waals surface area (Å²) in [7, 11) is 3.34. The number of rotatable bonds is 15. The van der Waals surface area contributed by atoms with Gasteiger partial charge in [-0.15, -0.1) is 0 Å². The summed E-state index contributed by atoms with van der Waals surface area (Å²) in [5.74, 6) is 4.35. The van der Waals surface area contributed by atoms with Gasteiger partial charge >= 0.3 is 11.9 Å². The summed E-state index contributed by atoms with van der Waals surface area (Å²) in [6.45, 7) is 8.14. The average molecular weight is 861 g/mol. The van der Waals surface area contributed by atoms with Gasteiger partial charge in [-0.25, -0.2) is 4.79 Å². The number of fused-ring (bicyclic) bond motifs is 2. The van der Waals surface area contributed by atoms with E-state index >= 15 is 0 Å². The van der Waals surface area contributed by atoms with E-state index in [1.54, 1.807) is 27.4 Å². The zero-order valence-corrected chi connectivity index (χ0v) is 37.9. The van der Waals surface area contributed by atoms with Gasteiger partial charge < -0.3 is 28.5 Å². The third-order valence-electron chi connectivity index (χ3n) is 13.0. The van der Waals surface area contributed by atoms with Gasteiger partial charge in [0, 0.05) is 33.7 Å². The normalized spacial score (nSPS) is 22.0. The van der Waals surface area contributed by atoms with Crippen molar-refractivity contribution >= 4 is 58.0 Å². The molecule has 0 bridgehead atoms. The van der Waals surface area contributed by atoms with Gasteiger partial charge in [0.05, 0.1) is 45.3 Å². The zero-order chi connectivity index (χ0) is 45.0. The second-order valence-corrected chi connectivity index (χ2v) is 17.5. The molecule has 63 heavy (non-hydrogen) atoms. The van der Waals surface area contributed by atoms with Crippen molar-refractivity contribution < 1.29 is 38.1 Å². The maximum absolute atomic E-state index is 11.8. The van der Waals surface area contributed by atoms with Crippen molar-refractivity contribution in [3.63, 3.8) is 0 Å². The Kier molecular flexibility index (Phi) is 19.7. The SMILES string of the molecule is C=C(C)C(=O)OCCCCOC(=O)C1CCC(C=O)CC1.CC1CCC(C2CCC(C=O)CC2)CC1.COc1cc(/C=N/Nc2ccc3ccccc3c2)c(OC)c2ccccc12. The molecule has 0 amide bonds. The number of unbranched alkanes of at least 4 members (excludes halogenated alkanes) is 1. The predicted octanol–water partition coefficient (Wildman–Crippen LogP) is 11.7. The number of hydrogen-bond donors (Lipinski definition) is 1. The first kappa shape index (κ1) is 48.5. The van der Waals surface area contributed by atoms with Crippen LogP contribution in [0.5, 0.6) is 11.5 Å². The highest BCUT2D eigenvalue weighted by Gasteiger charge is 2.30. The Balaban J connectivity index is 0.000000186. The Bertz CT molecular complexity index is 2120. The van der Waals surface area contributed by atoms with Crippen LogP contribution in [0.25, 0.3) is 21.5 Å². The average Bonchev–Trinajstić information content (AvgIpc) is 3.32. The monoisotopic (exact) mass is 860 g/mol. The molecule has 0 atom stereocenters.